The number of nitrogen functional groups attached to an aromatic ring is 1. The summed E-state index contributed by atoms with van der Waals surface area (Å²) in [5.41, 5.74) is 9.13. The number of aromatic nitrogens is 2. The fourth-order valence-corrected chi connectivity index (χ4v) is 1.46. The number of anilines is 1. The second-order valence-electron chi connectivity index (χ2n) is 3.52. The highest BCUT2D eigenvalue weighted by molar-refractivity contribution is 6.01. The average Bonchev–Trinajstić information content (AvgIpc) is 2.30. The first-order chi connectivity index (χ1) is 7.68. The minimum absolute atomic E-state index is 0.435. The number of nitrogens with one attached hydrogen (secondary N) is 1. The highest BCUT2D eigenvalue weighted by atomic mass is 14.7. The van der Waals surface area contributed by atoms with E-state index in [0.717, 1.165) is 11.3 Å². The van der Waals surface area contributed by atoms with Crippen LogP contribution in [0.5, 0.6) is 0 Å². The number of hydrogen-bond acceptors (Lipinski definition) is 4. The Balaban J connectivity index is 2.52. The lowest BCUT2D eigenvalue weighted by atomic mass is 10.1. The minimum Gasteiger partial charge on any atom is -0.397 e. The molecule has 0 atom stereocenters. The van der Waals surface area contributed by atoms with E-state index in [9.17, 15) is 0 Å². The fourth-order valence-electron chi connectivity index (χ4n) is 1.46. The summed E-state index contributed by atoms with van der Waals surface area (Å²) in [5, 5.41) is 7.61. The van der Waals surface area contributed by atoms with Crippen molar-refractivity contribution in [3.05, 3.63) is 42.4 Å². The molecule has 0 aliphatic carbocycles. The molecule has 0 radical (unpaired) electrons. The molecule has 0 saturated heterocycles. The highest BCUT2D eigenvalue weighted by Crippen LogP contribution is 2.20. The Bertz CT molecular complexity index is 520. The molecule has 2 rings (SSSR count). The van der Waals surface area contributed by atoms with Gasteiger partial charge in [-0.25, -0.2) is 0 Å². The Morgan fingerprint density at radius 2 is 2.19 bits per heavy atom. The topological polar surface area (TPSA) is 75.7 Å². The molecule has 16 heavy (non-hydrogen) atoms. The standard InChI is InChI=1S/C12H12N4/c1-8(13)10-5-12(16-7-11(10)14)9-3-2-4-15-6-9/h2-7,13H,14H2,1H3. The number of rotatable bonds is 2. The van der Waals surface area contributed by atoms with Gasteiger partial charge in [0.15, 0.2) is 0 Å². The molecule has 2 heterocycles. The molecule has 0 spiro atoms. The van der Waals surface area contributed by atoms with Crippen LogP contribution in [-0.2, 0) is 0 Å². The Morgan fingerprint density at radius 3 is 2.81 bits per heavy atom. The molecular formula is C12H12N4. The van der Waals surface area contributed by atoms with Crippen LogP contribution in [0.1, 0.15) is 12.5 Å². The molecule has 80 valence electrons. The molecule has 2 aromatic rings. The normalized spacial score (nSPS) is 10.1. The minimum atomic E-state index is 0.435. The molecule has 3 N–H and O–H groups in total. The molecule has 0 aliphatic rings. The maximum Gasteiger partial charge on any atom is 0.0725 e. The zero-order valence-electron chi connectivity index (χ0n) is 8.94. The highest BCUT2D eigenvalue weighted by Gasteiger charge is 2.05. The summed E-state index contributed by atoms with van der Waals surface area (Å²) in [6.07, 6.45) is 5.03. The van der Waals surface area contributed by atoms with Gasteiger partial charge in [-0.3, -0.25) is 9.97 Å². The summed E-state index contributed by atoms with van der Waals surface area (Å²) in [4.78, 5) is 8.26. The first kappa shape index (κ1) is 10.3. The maximum absolute atomic E-state index is 7.61. The molecule has 0 amide bonds. The van der Waals surface area contributed by atoms with Crippen molar-refractivity contribution in [3.63, 3.8) is 0 Å². The molecule has 2 aromatic heterocycles. The van der Waals surface area contributed by atoms with Gasteiger partial charge >= 0.3 is 0 Å². The van der Waals surface area contributed by atoms with E-state index in [4.69, 9.17) is 11.1 Å². The van der Waals surface area contributed by atoms with Crippen LogP contribution in [0.15, 0.2) is 36.8 Å². The van der Waals surface area contributed by atoms with E-state index in [1.807, 2.05) is 18.2 Å². The van der Waals surface area contributed by atoms with Gasteiger partial charge in [-0.15, -0.1) is 0 Å². The molecule has 4 nitrogen and oxygen atoms in total. The van der Waals surface area contributed by atoms with Crippen LogP contribution in [0, 0.1) is 5.41 Å². The summed E-state index contributed by atoms with van der Waals surface area (Å²) in [6, 6.07) is 5.59. The molecular weight excluding hydrogens is 200 g/mol. The SMILES string of the molecule is CC(=N)c1cc(-c2cccnc2)ncc1N. The second kappa shape index (κ2) is 4.10. The Hall–Kier alpha value is -2.23. The lowest BCUT2D eigenvalue weighted by Crippen LogP contribution is -2.01. The summed E-state index contributed by atoms with van der Waals surface area (Å²) < 4.78 is 0. The van der Waals surface area contributed by atoms with Gasteiger partial charge in [0.05, 0.1) is 17.6 Å². The lowest BCUT2D eigenvalue weighted by Gasteiger charge is -2.06. The van der Waals surface area contributed by atoms with Crippen molar-refractivity contribution in [1.29, 1.82) is 5.41 Å². The van der Waals surface area contributed by atoms with Gasteiger partial charge in [-0.2, -0.15) is 0 Å². The number of nitrogens with zero attached hydrogens (tertiary/aromatic N) is 2. The van der Waals surface area contributed by atoms with Crippen LogP contribution in [0.3, 0.4) is 0 Å². The van der Waals surface area contributed by atoms with Gasteiger partial charge in [-0.05, 0) is 25.1 Å². The Kier molecular flexibility index (Phi) is 2.64. The van der Waals surface area contributed by atoms with E-state index in [2.05, 4.69) is 9.97 Å². The van der Waals surface area contributed by atoms with Crippen molar-refractivity contribution in [2.24, 2.45) is 0 Å². The lowest BCUT2D eigenvalue weighted by molar-refractivity contribution is 1.27. The van der Waals surface area contributed by atoms with Crippen LogP contribution in [-0.4, -0.2) is 15.7 Å². The third-order valence-electron chi connectivity index (χ3n) is 2.30. The molecule has 0 unspecified atom stereocenters. The Morgan fingerprint density at radius 1 is 1.38 bits per heavy atom. The van der Waals surface area contributed by atoms with E-state index >= 15 is 0 Å². The van der Waals surface area contributed by atoms with Gasteiger partial charge in [0.25, 0.3) is 0 Å². The smallest absolute Gasteiger partial charge is 0.0725 e. The largest absolute Gasteiger partial charge is 0.397 e. The quantitative estimate of drug-likeness (QED) is 0.748. The Labute approximate surface area is 93.7 Å². The van der Waals surface area contributed by atoms with Crippen LogP contribution >= 0.6 is 0 Å². The first-order valence-corrected chi connectivity index (χ1v) is 4.90. The summed E-state index contributed by atoms with van der Waals surface area (Å²) >= 11 is 0. The van der Waals surface area contributed by atoms with Gasteiger partial charge < -0.3 is 11.1 Å². The van der Waals surface area contributed by atoms with Gasteiger partial charge in [-0.1, -0.05) is 0 Å². The van der Waals surface area contributed by atoms with Crippen LogP contribution in [0.4, 0.5) is 5.69 Å². The second-order valence-corrected chi connectivity index (χ2v) is 3.52. The monoisotopic (exact) mass is 212 g/mol. The van der Waals surface area contributed by atoms with Crippen molar-refractivity contribution < 1.29 is 0 Å². The zero-order valence-corrected chi connectivity index (χ0v) is 8.94. The maximum atomic E-state index is 7.61. The molecule has 4 heteroatoms. The summed E-state index contributed by atoms with van der Waals surface area (Å²) in [5.74, 6) is 0. The van der Waals surface area contributed by atoms with Gasteiger partial charge in [0.2, 0.25) is 0 Å². The number of hydrogen-bond donors (Lipinski definition) is 2. The van der Waals surface area contributed by atoms with E-state index in [1.54, 1.807) is 25.5 Å². The zero-order chi connectivity index (χ0) is 11.5. The molecule has 0 bridgehead atoms. The van der Waals surface area contributed by atoms with Crippen LogP contribution in [0.2, 0.25) is 0 Å². The third kappa shape index (κ3) is 1.91. The van der Waals surface area contributed by atoms with Crippen molar-refractivity contribution in [3.8, 4) is 11.3 Å². The van der Waals surface area contributed by atoms with Crippen LogP contribution in [0.25, 0.3) is 11.3 Å². The van der Waals surface area contributed by atoms with E-state index in [1.165, 1.54) is 0 Å². The van der Waals surface area contributed by atoms with Crippen molar-refractivity contribution >= 4 is 11.4 Å². The van der Waals surface area contributed by atoms with Crippen molar-refractivity contribution in [2.45, 2.75) is 6.92 Å². The van der Waals surface area contributed by atoms with Gasteiger partial charge in [0.1, 0.15) is 0 Å². The third-order valence-corrected chi connectivity index (χ3v) is 2.30. The van der Waals surface area contributed by atoms with E-state index < -0.39 is 0 Å². The fraction of sp³-hybridized carbons (Fsp3) is 0.0833. The molecule has 0 fully saturated rings. The van der Waals surface area contributed by atoms with Gasteiger partial charge in [0, 0.05) is 29.2 Å². The number of nitrogens with two attached hydrogens (primary N) is 1. The molecule has 0 aromatic carbocycles. The summed E-state index contributed by atoms with van der Waals surface area (Å²) in [7, 11) is 0. The van der Waals surface area contributed by atoms with Crippen molar-refractivity contribution in [2.75, 3.05) is 5.73 Å². The predicted octanol–water partition coefficient (Wildman–Crippen LogP) is 2.11. The van der Waals surface area contributed by atoms with E-state index in [0.29, 0.717) is 17.0 Å². The molecule has 0 saturated carbocycles. The number of pyridine rings is 2. The average molecular weight is 212 g/mol. The van der Waals surface area contributed by atoms with E-state index in [-0.39, 0.29) is 0 Å². The van der Waals surface area contributed by atoms with Crippen molar-refractivity contribution in [1.82, 2.24) is 9.97 Å². The van der Waals surface area contributed by atoms with Crippen LogP contribution < -0.4 is 5.73 Å². The summed E-state index contributed by atoms with van der Waals surface area (Å²) in [6.45, 7) is 1.71. The molecule has 0 aliphatic heterocycles. The predicted molar refractivity (Wildman–Crippen MR) is 64.4 cm³/mol. The first-order valence-electron chi connectivity index (χ1n) is 4.90.